The highest BCUT2D eigenvalue weighted by atomic mass is 16.4. The van der Waals surface area contributed by atoms with E-state index in [2.05, 4.69) is 16.0 Å². The number of rotatable bonds is 17. The number of carboxylic acid groups (broad SMARTS) is 2. The van der Waals surface area contributed by atoms with Gasteiger partial charge >= 0.3 is 11.9 Å². The molecule has 0 rings (SSSR count). The third kappa shape index (κ3) is 11.6. The minimum Gasteiger partial charge on any atom is -0.481 e. The van der Waals surface area contributed by atoms with Crippen LogP contribution in [0.1, 0.15) is 52.4 Å². The van der Waals surface area contributed by atoms with Crippen LogP contribution in [0.3, 0.4) is 0 Å². The van der Waals surface area contributed by atoms with Crippen molar-refractivity contribution < 1.29 is 39.0 Å². The first kappa shape index (κ1) is 30.7. The fourth-order valence-electron chi connectivity index (χ4n) is 2.94. The second-order valence-corrected chi connectivity index (χ2v) is 7.99. The Bertz CT molecular complexity index is 747. The number of aliphatic carboxylic acids is 2. The number of hydrogen-bond acceptors (Lipinski definition) is 8. The highest BCUT2D eigenvalue weighted by molar-refractivity contribution is 5.95. The molecule has 5 unspecified atom stereocenters. The molecule has 0 radical (unpaired) electrons. The lowest BCUT2D eigenvalue weighted by molar-refractivity contribution is -0.144. The Morgan fingerprint density at radius 2 is 1.44 bits per heavy atom. The van der Waals surface area contributed by atoms with Gasteiger partial charge in [-0.2, -0.15) is 0 Å². The van der Waals surface area contributed by atoms with Crippen LogP contribution in [0.4, 0.5) is 0 Å². The quantitative estimate of drug-likeness (QED) is 0.0988. The number of hydrogen-bond donors (Lipinski definition) is 8. The molecule has 11 N–H and O–H groups in total. The minimum atomic E-state index is -1.58. The second-order valence-electron chi connectivity index (χ2n) is 7.99. The van der Waals surface area contributed by atoms with Crippen LogP contribution in [0.15, 0.2) is 0 Å². The normalized spacial score (nSPS) is 15.2. The predicted molar refractivity (Wildman–Crippen MR) is 120 cm³/mol. The fraction of sp³-hybridized carbons (Fsp3) is 0.700. The van der Waals surface area contributed by atoms with Crippen molar-refractivity contribution in [3.8, 4) is 0 Å². The van der Waals surface area contributed by atoms with Crippen molar-refractivity contribution in [2.45, 2.75) is 76.5 Å². The smallest absolute Gasteiger partial charge is 0.326 e. The van der Waals surface area contributed by atoms with Gasteiger partial charge in [-0.15, -0.1) is 0 Å². The maximum Gasteiger partial charge on any atom is 0.326 e. The Hall–Kier alpha value is -3.26. The van der Waals surface area contributed by atoms with Gasteiger partial charge in [0.15, 0.2) is 0 Å². The zero-order chi connectivity index (χ0) is 26.4. The summed E-state index contributed by atoms with van der Waals surface area (Å²) in [6, 6.07) is -5.29. The molecule has 0 aromatic rings. The van der Waals surface area contributed by atoms with E-state index in [1.54, 1.807) is 13.8 Å². The Morgan fingerprint density at radius 1 is 0.853 bits per heavy atom. The van der Waals surface area contributed by atoms with Gasteiger partial charge in [-0.1, -0.05) is 20.3 Å². The van der Waals surface area contributed by atoms with Crippen molar-refractivity contribution in [2.75, 3.05) is 6.54 Å². The van der Waals surface area contributed by atoms with Gasteiger partial charge < -0.3 is 43.4 Å². The van der Waals surface area contributed by atoms with Gasteiger partial charge in [-0.25, -0.2) is 4.79 Å². The summed E-state index contributed by atoms with van der Waals surface area (Å²) < 4.78 is 0. The van der Waals surface area contributed by atoms with Crippen LogP contribution in [0.25, 0.3) is 0 Å². The van der Waals surface area contributed by atoms with Crippen molar-refractivity contribution in [3.63, 3.8) is 0 Å². The number of nitrogens with one attached hydrogen (secondary N) is 3. The van der Waals surface area contributed by atoms with Gasteiger partial charge in [-0.05, 0) is 31.7 Å². The van der Waals surface area contributed by atoms with E-state index < -0.39 is 78.5 Å². The van der Waals surface area contributed by atoms with Crippen LogP contribution in [-0.2, 0) is 28.8 Å². The molecule has 0 spiro atoms. The summed E-state index contributed by atoms with van der Waals surface area (Å²) in [5.74, 6) is -6.57. The van der Waals surface area contributed by atoms with E-state index in [9.17, 15) is 33.9 Å². The molecule has 0 heterocycles. The van der Waals surface area contributed by atoms with Gasteiger partial charge in [-0.3, -0.25) is 24.0 Å². The largest absolute Gasteiger partial charge is 0.481 e. The van der Waals surface area contributed by atoms with Gasteiger partial charge in [0, 0.05) is 0 Å². The number of carbonyl (C=O) groups excluding carboxylic acids is 4. The molecule has 0 aliphatic carbocycles. The topological polar surface area (TPSA) is 257 Å². The molecule has 0 bridgehead atoms. The molecular formula is C20H36N6O8. The monoisotopic (exact) mass is 488 g/mol. The van der Waals surface area contributed by atoms with Crippen LogP contribution in [0.2, 0.25) is 0 Å². The first-order valence-electron chi connectivity index (χ1n) is 10.9. The average molecular weight is 489 g/mol. The number of nitrogens with two attached hydrogens (primary N) is 3. The van der Waals surface area contributed by atoms with E-state index >= 15 is 0 Å². The molecule has 0 saturated heterocycles. The number of unbranched alkanes of at least 4 members (excludes halogenated alkanes) is 1. The second kappa shape index (κ2) is 15.6. The zero-order valence-corrected chi connectivity index (χ0v) is 19.4. The van der Waals surface area contributed by atoms with Crippen LogP contribution in [-0.4, -0.2) is 76.5 Å². The molecule has 5 atom stereocenters. The Balaban J connectivity index is 5.59. The molecule has 194 valence electrons. The zero-order valence-electron chi connectivity index (χ0n) is 19.4. The van der Waals surface area contributed by atoms with Crippen LogP contribution >= 0.6 is 0 Å². The minimum absolute atomic E-state index is 0.142. The molecular weight excluding hydrogens is 452 g/mol. The van der Waals surface area contributed by atoms with Crippen molar-refractivity contribution in [2.24, 2.45) is 23.1 Å². The molecule has 34 heavy (non-hydrogen) atoms. The SMILES string of the molecule is CCC(C)C(NC(=O)C(CCCCN)NC(=O)C(N)CC(=O)O)C(=O)NC(CC(N)=O)C(=O)O. The summed E-state index contributed by atoms with van der Waals surface area (Å²) in [5.41, 5.74) is 16.1. The van der Waals surface area contributed by atoms with Gasteiger partial charge in [0.05, 0.1) is 18.9 Å². The lowest BCUT2D eigenvalue weighted by Crippen LogP contribution is -2.59. The number of primary amides is 1. The molecule has 0 aromatic heterocycles. The average Bonchev–Trinajstić information content (AvgIpc) is 2.74. The third-order valence-electron chi connectivity index (χ3n) is 5.12. The number of amides is 4. The summed E-state index contributed by atoms with van der Waals surface area (Å²) in [6.45, 7) is 3.74. The predicted octanol–water partition coefficient (Wildman–Crippen LogP) is -2.62. The van der Waals surface area contributed by atoms with E-state index in [-0.39, 0.29) is 6.42 Å². The van der Waals surface area contributed by atoms with E-state index in [0.717, 1.165) is 0 Å². The van der Waals surface area contributed by atoms with E-state index in [0.29, 0.717) is 25.8 Å². The molecule has 4 amide bonds. The fourth-order valence-corrected chi connectivity index (χ4v) is 2.94. The van der Waals surface area contributed by atoms with Gasteiger partial charge in [0.1, 0.15) is 18.1 Å². The first-order valence-corrected chi connectivity index (χ1v) is 10.9. The first-order chi connectivity index (χ1) is 15.8. The van der Waals surface area contributed by atoms with Gasteiger partial charge in [0.25, 0.3) is 0 Å². The van der Waals surface area contributed by atoms with Crippen molar-refractivity contribution in [1.82, 2.24) is 16.0 Å². The van der Waals surface area contributed by atoms with Crippen LogP contribution in [0.5, 0.6) is 0 Å². The maximum atomic E-state index is 13.0. The lowest BCUT2D eigenvalue weighted by atomic mass is 9.96. The lowest BCUT2D eigenvalue weighted by Gasteiger charge is -2.28. The number of carboxylic acids is 2. The van der Waals surface area contributed by atoms with Crippen molar-refractivity contribution in [1.29, 1.82) is 0 Å². The maximum absolute atomic E-state index is 13.0. The van der Waals surface area contributed by atoms with Gasteiger partial charge in [0.2, 0.25) is 23.6 Å². The summed E-state index contributed by atoms with van der Waals surface area (Å²) in [5, 5.41) is 25.2. The highest BCUT2D eigenvalue weighted by Gasteiger charge is 2.33. The van der Waals surface area contributed by atoms with Crippen LogP contribution < -0.4 is 33.2 Å². The molecule has 0 saturated carbocycles. The Morgan fingerprint density at radius 3 is 1.91 bits per heavy atom. The molecule has 14 nitrogen and oxygen atoms in total. The van der Waals surface area contributed by atoms with E-state index in [1.165, 1.54) is 0 Å². The van der Waals surface area contributed by atoms with Crippen molar-refractivity contribution in [3.05, 3.63) is 0 Å². The molecule has 14 heteroatoms. The van der Waals surface area contributed by atoms with Crippen LogP contribution in [0, 0.1) is 5.92 Å². The standard InChI is InChI=1S/C20H36N6O8/c1-3-10(2)16(19(32)25-13(20(33)34)9-14(23)27)26-18(31)12(6-4-5-7-21)24-17(30)11(22)8-15(28)29/h10-13,16H,3-9,21-22H2,1-2H3,(H2,23,27)(H,24,30)(H,25,32)(H,26,31)(H,28,29)(H,33,34). The third-order valence-corrected chi connectivity index (χ3v) is 5.12. The summed E-state index contributed by atoms with van der Waals surface area (Å²) >= 11 is 0. The molecule has 0 fully saturated rings. The molecule has 0 aromatic carbocycles. The Kier molecular flexibility index (Phi) is 14.1. The highest BCUT2D eigenvalue weighted by Crippen LogP contribution is 2.11. The summed E-state index contributed by atoms with van der Waals surface area (Å²) in [7, 11) is 0. The number of carbonyl (C=O) groups is 6. The van der Waals surface area contributed by atoms with E-state index in [1.807, 2.05) is 0 Å². The summed E-state index contributed by atoms with van der Waals surface area (Å²) in [6.07, 6.45) is 0.285. The molecule has 0 aliphatic rings. The van der Waals surface area contributed by atoms with Crippen molar-refractivity contribution >= 4 is 35.6 Å². The van der Waals surface area contributed by atoms with E-state index in [4.69, 9.17) is 22.3 Å². The Labute approximate surface area is 197 Å². The molecule has 0 aliphatic heterocycles. The summed E-state index contributed by atoms with van der Waals surface area (Å²) in [4.78, 5) is 71.3.